The standard InChI is InChI=1S/C16H29NO2/c1-3-13-6-8-14(9-7-13)17(2)12-16(15(18)19)10-4-5-11-16/h13-14H,3-12H2,1-2H3,(H,18,19). The molecule has 2 rings (SSSR count). The molecule has 0 saturated heterocycles. The summed E-state index contributed by atoms with van der Waals surface area (Å²) in [5.74, 6) is 0.337. The van der Waals surface area contributed by atoms with E-state index in [1.165, 1.54) is 32.1 Å². The van der Waals surface area contributed by atoms with Crippen molar-refractivity contribution in [2.24, 2.45) is 11.3 Å². The van der Waals surface area contributed by atoms with E-state index < -0.39 is 11.4 Å². The van der Waals surface area contributed by atoms with E-state index in [2.05, 4.69) is 18.9 Å². The Labute approximate surface area is 117 Å². The maximum atomic E-state index is 11.6. The van der Waals surface area contributed by atoms with Crippen molar-refractivity contribution in [3.63, 3.8) is 0 Å². The van der Waals surface area contributed by atoms with Crippen LogP contribution in [0.3, 0.4) is 0 Å². The Hall–Kier alpha value is -0.570. The maximum Gasteiger partial charge on any atom is 0.310 e. The molecule has 2 fully saturated rings. The fourth-order valence-corrected chi connectivity index (χ4v) is 4.09. The Bertz CT molecular complexity index is 302. The molecule has 1 N–H and O–H groups in total. The third kappa shape index (κ3) is 3.31. The first-order valence-electron chi connectivity index (χ1n) is 8.01. The molecule has 0 aromatic heterocycles. The summed E-state index contributed by atoms with van der Waals surface area (Å²) in [6.45, 7) is 3.04. The first-order chi connectivity index (χ1) is 9.07. The molecule has 0 amide bonds. The second-order valence-corrected chi connectivity index (χ2v) is 6.79. The van der Waals surface area contributed by atoms with Gasteiger partial charge in [-0.25, -0.2) is 0 Å². The number of rotatable bonds is 5. The predicted octanol–water partition coefficient (Wildman–Crippen LogP) is 3.53. The second kappa shape index (κ2) is 6.25. The molecule has 19 heavy (non-hydrogen) atoms. The molecule has 0 atom stereocenters. The monoisotopic (exact) mass is 267 g/mol. The van der Waals surface area contributed by atoms with Gasteiger partial charge in [0.2, 0.25) is 0 Å². The lowest BCUT2D eigenvalue weighted by molar-refractivity contribution is -0.150. The number of carboxylic acid groups (broad SMARTS) is 1. The van der Waals surface area contributed by atoms with Gasteiger partial charge in [-0.1, -0.05) is 26.2 Å². The number of carboxylic acids is 1. The molecule has 0 spiro atoms. The molecule has 2 aliphatic rings. The average molecular weight is 267 g/mol. The molecule has 0 heterocycles. The van der Waals surface area contributed by atoms with E-state index in [1.54, 1.807) is 0 Å². The quantitative estimate of drug-likeness (QED) is 0.828. The van der Waals surface area contributed by atoms with Crippen molar-refractivity contribution in [3.05, 3.63) is 0 Å². The van der Waals surface area contributed by atoms with Crippen LogP contribution >= 0.6 is 0 Å². The molecule has 110 valence electrons. The van der Waals surface area contributed by atoms with E-state index in [1.807, 2.05) is 0 Å². The van der Waals surface area contributed by atoms with Gasteiger partial charge < -0.3 is 10.0 Å². The van der Waals surface area contributed by atoms with Crippen LogP contribution in [0, 0.1) is 11.3 Å². The second-order valence-electron chi connectivity index (χ2n) is 6.79. The normalized spacial score (nSPS) is 30.7. The van der Waals surface area contributed by atoms with E-state index in [0.717, 1.165) is 38.1 Å². The van der Waals surface area contributed by atoms with Crippen molar-refractivity contribution in [2.45, 2.75) is 70.8 Å². The minimum absolute atomic E-state index is 0.448. The zero-order valence-corrected chi connectivity index (χ0v) is 12.5. The largest absolute Gasteiger partial charge is 0.481 e. The molecule has 3 heteroatoms. The van der Waals surface area contributed by atoms with Gasteiger partial charge in [-0.3, -0.25) is 4.79 Å². The van der Waals surface area contributed by atoms with E-state index in [9.17, 15) is 9.90 Å². The Morgan fingerprint density at radius 2 is 1.79 bits per heavy atom. The summed E-state index contributed by atoms with van der Waals surface area (Å²) in [5, 5.41) is 9.56. The highest BCUT2D eigenvalue weighted by molar-refractivity contribution is 5.75. The van der Waals surface area contributed by atoms with Gasteiger partial charge in [0, 0.05) is 12.6 Å². The van der Waals surface area contributed by atoms with Crippen LogP contribution in [-0.2, 0) is 4.79 Å². The highest BCUT2D eigenvalue weighted by atomic mass is 16.4. The third-order valence-electron chi connectivity index (χ3n) is 5.58. The Balaban J connectivity index is 1.89. The SMILES string of the molecule is CCC1CCC(N(C)CC2(C(=O)O)CCCC2)CC1. The lowest BCUT2D eigenvalue weighted by atomic mass is 9.81. The third-order valence-corrected chi connectivity index (χ3v) is 5.58. The molecule has 0 aromatic rings. The smallest absolute Gasteiger partial charge is 0.310 e. The van der Waals surface area contributed by atoms with Crippen molar-refractivity contribution >= 4 is 5.97 Å². The number of hydrogen-bond acceptors (Lipinski definition) is 2. The van der Waals surface area contributed by atoms with Crippen molar-refractivity contribution < 1.29 is 9.90 Å². The van der Waals surface area contributed by atoms with Crippen LogP contribution in [0.25, 0.3) is 0 Å². The highest BCUT2D eigenvalue weighted by Gasteiger charge is 2.43. The van der Waals surface area contributed by atoms with Gasteiger partial charge in [0.1, 0.15) is 0 Å². The molecule has 2 saturated carbocycles. The van der Waals surface area contributed by atoms with Crippen molar-refractivity contribution in [1.29, 1.82) is 0 Å². The van der Waals surface area contributed by atoms with Crippen molar-refractivity contribution in [1.82, 2.24) is 4.90 Å². The molecule has 0 unspecified atom stereocenters. The molecule has 0 bridgehead atoms. The number of carbonyl (C=O) groups is 1. The topological polar surface area (TPSA) is 40.5 Å². The summed E-state index contributed by atoms with van der Waals surface area (Å²) in [7, 11) is 2.14. The Morgan fingerprint density at radius 1 is 1.21 bits per heavy atom. The minimum Gasteiger partial charge on any atom is -0.481 e. The summed E-state index contributed by atoms with van der Waals surface area (Å²) in [5.41, 5.74) is -0.448. The number of hydrogen-bond donors (Lipinski definition) is 1. The summed E-state index contributed by atoms with van der Waals surface area (Å²) in [6, 6.07) is 0.611. The Kier molecular flexibility index (Phi) is 4.88. The average Bonchev–Trinajstić information content (AvgIpc) is 2.88. The predicted molar refractivity (Wildman–Crippen MR) is 77.2 cm³/mol. The van der Waals surface area contributed by atoms with Gasteiger partial charge in [0.05, 0.1) is 5.41 Å². The van der Waals surface area contributed by atoms with Crippen LogP contribution in [0.4, 0.5) is 0 Å². The summed E-state index contributed by atoms with van der Waals surface area (Å²) >= 11 is 0. The van der Waals surface area contributed by atoms with E-state index in [0.29, 0.717) is 6.04 Å². The van der Waals surface area contributed by atoms with Gasteiger partial charge in [-0.2, -0.15) is 0 Å². The number of aliphatic carboxylic acids is 1. The first-order valence-corrected chi connectivity index (χ1v) is 8.01. The molecule has 0 radical (unpaired) electrons. The molecule has 0 aromatic carbocycles. The Morgan fingerprint density at radius 3 is 2.26 bits per heavy atom. The van der Waals surface area contributed by atoms with E-state index in [-0.39, 0.29) is 0 Å². The molecular formula is C16H29NO2. The lowest BCUT2D eigenvalue weighted by Crippen LogP contribution is -2.45. The lowest BCUT2D eigenvalue weighted by Gasteiger charge is -2.38. The van der Waals surface area contributed by atoms with Crippen LogP contribution < -0.4 is 0 Å². The summed E-state index contributed by atoms with van der Waals surface area (Å²) < 4.78 is 0. The zero-order chi connectivity index (χ0) is 13.9. The number of nitrogens with zero attached hydrogens (tertiary/aromatic N) is 1. The highest BCUT2D eigenvalue weighted by Crippen LogP contribution is 2.40. The first kappa shape index (κ1) is 14.8. The maximum absolute atomic E-state index is 11.6. The fourth-order valence-electron chi connectivity index (χ4n) is 4.09. The molecular weight excluding hydrogens is 238 g/mol. The molecule has 0 aliphatic heterocycles. The van der Waals surface area contributed by atoms with Crippen molar-refractivity contribution in [2.75, 3.05) is 13.6 Å². The van der Waals surface area contributed by atoms with Gasteiger partial charge in [-0.15, -0.1) is 0 Å². The fraction of sp³-hybridized carbons (Fsp3) is 0.938. The summed E-state index contributed by atoms with van der Waals surface area (Å²) in [6.07, 6.45) is 10.4. The van der Waals surface area contributed by atoms with Gasteiger partial charge in [0.15, 0.2) is 0 Å². The van der Waals surface area contributed by atoms with Crippen LogP contribution in [0.15, 0.2) is 0 Å². The van der Waals surface area contributed by atoms with Gasteiger partial charge >= 0.3 is 5.97 Å². The zero-order valence-electron chi connectivity index (χ0n) is 12.5. The van der Waals surface area contributed by atoms with Crippen LogP contribution in [0.2, 0.25) is 0 Å². The van der Waals surface area contributed by atoms with Crippen molar-refractivity contribution in [3.8, 4) is 0 Å². The molecule has 2 aliphatic carbocycles. The van der Waals surface area contributed by atoms with Crippen LogP contribution in [-0.4, -0.2) is 35.6 Å². The van der Waals surface area contributed by atoms with Crippen LogP contribution in [0.1, 0.15) is 64.7 Å². The van der Waals surface area contributed by atoms with Gasteiger partial charge in [0.25, 0.3) is 0 Å². The van der Waals surface area contributed by atoms with Gasteiger partial charge in [-0.05, 0) is 51.5 Å². The minimum atomic E-state index is -0.570. The molecule has 3 nitrogen and oxygen atoms in total. The van der Waals surface area contributed by atoms with E-state index in [4.69, 9.17) is 0 Å². The summed E-state index contributed by atoms with van der Waals surface area (Å²) in [4.78, 5) is 14.0. The van der Waals surface area contributed by atoms with Crippen LogP contribution in [0.5, 0.6) is 0 Å². The van der Waals surface area contributed by atoms with E-state index >= 15 is 0 Å².